The zero-order valence-electron chi connectivity index (χ0n) is 11.9. The Bertz CT molecular complexity index is 766. The number of hydrogen-bond acceptors (Lipinski definition) is 5. The SMILES string of the molecule is CN(CC(=O)Nc1nc2ccccc2s1)Cc1ccc(Cl)s1. The van der Waals surface area contributed by atoms with E-state index in [9.17, 15) is 4.79 Å². The molecule has 22 heavy (non-hydrogen) atoms. The fourth-order valence-corrected chi connectivity index (χ4v) is 4.14. The van der Waals surface area contributed by atoms with Crippen LogP contribution in [0.1, 0.15) is 4.88 Å². The first-order valence-electron chi connectivity index (χ1n) is 6.68. The lowest BCUT2D eigenvalue weighted by Gasteiger charge is -2.14. The molecule has 0 radical (unpaired) electrons. The molecule has 7 heteroatoms. The number of amides is 1. The maximum absolute atomic E-state index is 12.1. The van der Waals surface area contributed by atoms with Gasteiger partial charge < -0.3 is 5.32 Å². The van der Waals surface area contributed by atoms with E-state index in [1.54, 1.807) is 0 Å². The van der Waals surface area contributed by atoms with E-state index in [0.29, 0.717) is 18.2 Å². The number of hydrogen-bond donors (Lipinski definition) is 1. The van der Waals surface area contributed by atoms with E-state index < -0.39 is 0 Å². The molecule has 3 aromatic rings. The van der Waals surface area contributed by atoms with Crippen LogP contribution < -0.4 is 5.32 Å². The molecule has 0 aliphatic carbocycles. The number of thiazole rings is 1. The number of thiophene rings is 1. The average molecular weight is 352 g/mol. The summed E-state index contributed by atoms with van der Waals surface area (Å²) in [6.45, 7) is 1.01. The number of likely N-dealkylation sites (N-methyl/N-ethyl adjacent to an activating group) is 1. The second-order valence-electron chi connectivity index (χ2n) is 4.91. The number of aromatic nitrogens is 1. The number of nitrogens with one attached hydrogen (secondary N) is 1. The summed E-state index contributed by atoms with van der Waals surface area (Å²) in [7, 11) is 1.91. The van der Waals surface area contributed by atoms with Gasteiger partial charge in [0.05, 0.1) is 21.1 Å². The Morgan fingerprint density at radius 3 is 2.82 bits per heavy atom. The maximum atomic E-state index is 12.1. The number of para-hydroxylation sites is 1. The lowest BCUT2D eigenvalue weighted by molar-refractivity contribution is -0.117. The van der Waals surface area contributed by atoms with Crippen molar-refractivity contribution >= 4 is 55.5 Å². The number of halogens is 1. The van der Waals surface area contributed by atoms with Gasteiger partial charge >= 0.3 is 0 Å². The molecular formula is C15H14ClN3OS2. The van der Waals surface area contributed by atoms with E-state index >= 15 is 0 Å². The Kier molecular flexibility index (Phi) is 4.73. The van der Waals surface area contributed by atoms with Crippen molar-refractivity contribution in [2.45, 2.75) is 6.54 Å². The Morgan fingerprint density at radius 2 is 2.09 bits per heavy atom. The Hall–Kier alpha value is -1.47. The second kappa shape index (κ2) is 6.75. The number of fused-ring (bicyclic) bond motifs is 1. The quantitative estimate of drug-likeness (QED) is 0.753. The molecule has 0 saturated heterocycles. The summed E-state index contributed by atoms with van der Waals surface area (Å²) in [4.78, 5) is 19.6. The van der Waals surface area contributed by atoms with Crippen LogP contribution in [0.3, 0.4) is 0 Å². The van der Waals surface area contributed by atoms with Crippen molar-refractivity contribution in [2.75, 3.05) is 18.9 Å². The molecule has 0 fully saturated rings. The van der Waals surface area contributed by atoms with Crippen LogP contribution in [0.5, 0.6) is 0 Å². The van der Waals surface area contributed by atoms with Gasteiger partial charge in [-0.3, -0.25) is 9.69 Å². The highest BCUT2D eigenvalue weighted by Gasteiger charge is 2.11. The van der Waals surface area contributed by atoms with Crippen molar-refractivity contribution in [3.05, 3.63) is 45.6 Å². The molecule has 3 rings (SSSR count). The van der Waals surface area contributed by atoms with Crippen molar-refractivity contribution < 1.29 is 4.79 Å². The highest BCUT2D eigenvalue weighted by atomic mass is 35.5. The summed E-state index contributed by atoms with van der Waals surface area (Å²) >= 11 is 8.92. The van der Waals surface area contributed by atoms with Gasteiger partial charge in [-0.1, -0.05) is 35.1 Å². The van der Waals surface area contributed by atoms with E-state index in [1.165, 1.54) is 22.7 Å². The number of carbonyl (C=O) groups excluding carboxylic acids is 1. The van der Waals surface area contributed by atoms with Gasteiger partial charge in [0.25, 0.3) is 0 Å². The number of carbonyl (C=O) groups is 1. The topological polar surface area (TPSA) is 45.2 Å². The molecule has 4 nitrogen and oxygen atoms in total. The van der Waals surface area contributed by atoms with Crippen molar-refractivity contribution in [2.24, 2.45) is 0 Å². The van der Waals surface area contributed by atoms with Gasteiger partial charge in [-0.05, 0) is 31.3 Å². The first-order chi connectivity index (χ1) is 10.6. The summed E-state index contributed by atoms with van der Waals surface area (Å²) < 4.78 is 1.83. The lowest BCUT2D eigenvalue weighted by Crippen LogP contribution is -2.29. The molecule has 114 valence electrons. The molecule has 2 heterocycles. The van der Waals surface area contributed by atoms with E-state index in [-0.39, 0.29) is 5.91 Å². The van der Waals surface area contributed by atoms with Gasteiger partial charge in [-0.2, -0.15) is 0 Å². The van der Waals surface area contributed by atoms with Crippen LogP contribution in [-0.4, -0.2) is 29.4 Å². The predicted molar refractivity (Wildman–Crippen MR) is 93.9 cm³/mol. The Balaban J connectivity index is 1.57. The number of nitrogens with zero attached hydrogens (tertiary/aromatic N) is 2. The predicted octanol–water partition coefficient (Wildman–Crippen LogP) is 4.08. The van der Waals surface area contributed by atoms with Gasteiger partial charge in [0.1, 0.15) is 0 Å². The standard InChI is InChI=1S/C15H14ClN3OS2/c1-19(8-10-6-7-13(16)21-10)9-14(20)18-15-17-11-4-2-3-5-12(11)22-15/h2-7H,8-9H2,1H3,(H,17,18,20). The fraction of sp³-hybridized carbons (Fsp3) is 0.200. The van der Waals surface area contributed by atoms with E-state index in [4.69, 9.17) is 11.6 Å². The van der Waals surface area contributed by atoms with Gasteiger partial charge in [-0.15, -0.1) is 11.3 Å². The maximum Gasteiger partial charge on any atom is 0.240 e. The molecule has 0 unspecified atom stereocenters. The highest BCUT2D eigenvalue weighted by molar-refractivity contribution is 7.22. The van der Waals surface area contributed by atoms with E-state index in [2.05, 4.69) is 10.3 Å². The first kappa shape index (κ1) is 15.4. The monoisotopic (exact) mass is 351 g/mol. The summed E-state index contributed by atoms with van der Waals surface area (Å²) in [5.74, 6) is -0.0655. The smallest absolute Gasteiger partial charge is 0.240 e. The van der Waals surface area contributed by atoms with Crippen LogP contribution in [0.4, 0.5) is 5.13 Å². The molecule has 0 saturated carbocycles. The summed E-state index contributed by atoms with van der Waals surface area (Å²) in [5, 5.41) is 3.50. The zero-order chi connectivity index (χ0) is 15.5. The molecule has 0 aliphatic rings. The van der Waals surface area contributed by atoms with Gasteiger partial charge in [0.15, 0.2) is 5.13 Å². The van der Waals surface area contributed by atoms with Crippen molar-refractivity contribution in [3.63, 3.8) is 0 Å². The minimum Gasteiger partial charge on any atom is -0.301 e. The number of rotatable bonds is 5. The molecule has 1 amide bonds. The van der Waals surface area contributed by atoms with Crippen LogP contribution in [0.2, 0.25) is 4.34 Å². The van der Waals surface area contributed by atoms with Gasteiger partial charge in [0.2, 0.25) is 5.91 Å². The second-order valence-corrected chi connectivity index (χ2v) is 7.74. The van der Waals surface area contributed by atoms with Crippen molar-refractivity contribution in [3.8, 4) is 0 Å². The van der Waals surface area contributed by atoms with Crippen molar-refractivity contribution in [1.82, 2.24) is 9.88 Å². The van der Waals surface area contributed by atoms with Gasteiger partial charge in [-0.25, -0.2) is 4.98 Å². The minimum absolute atomic E-state index is 0.0655. The number of benzene rings is 1. The lowest BCUT2D eigenvalue weighted by atomic mass is 10.3. The Morgan fingerprint density at radius 1 is 1.27 bits per heavy atom. The molecule has 1 N–H and O–H groups in total. The van der Waals surface area contributed by atoms with Crippen LogP contribution >= 0.6 is 34.3 Å². The molecule has 0 atom stereocenters. The van der Waals surface area contributed by atoms with Crippen LogP contribution in [0.25, 0.3) is 10.2 Å². The van der Waals surface area contributed by atoms with E-state index in [1.807, 2.05) is 48.3 Å². The zero-order valence-corrected chi connectivity index (χ0v) is 14.3. The Labute approximate surface area is 141 Å². The molecule has 2 aromatic heterocycles. The minimum atomic E-state index is -0.0655. The number of anilines is 1. The third-order valence-corrected chi connectivity index (χ3v) is 5.18. The molecular weight excluding hydrogens is 338 g/mol. The van der Waals surface area contributed by atoms with E-state index in [0.717, 1.165) is 19.4 Å². The van der Waals surface area contributed by atoms with Gasteiger partial charge in [0, 0.05) is 11.4 Å². The molecule has 1 aromatic carbocycles. The normalized spacial score (nSPS) is 11.2. The van der Waals surface area contributed by atoms with Crippen molar-refractivity contribution in [1.29, 1.82) is 0 Å². The molecule has 0 spiro atoms. The third-order valence-electron chi connectivity index (χ3n) is 3.01. The highest BCUT2D eigenvalue weighted by Crippen LogP contribution is 2.25. The fourth-order valence-electron chi connectivity index (χ4n) is 2.09. The summed E-state index contributed by atoms with van der Waals surface area (Å²) in [6, 6.07) is 11.7. The van der Waals surface area contributed by atoms with Crippen LogP contribution in [-0.2, 0) is 11.3 Å². The molecule has 0 aliphatic heterocycles. The average Bonchev–Trinajstić information content (AvgIpc) is 3.03. The third kappa shape index (κ3) is 3.84. The molecule has 0 bridgehead atoms. The largest absolute Gasteiger partial charge is 0.301 e. The summed E-state index contributed by atoms with van der Waals surface area (Å²) in [6.07, 6.45) is 0. The van der Waals surface area contributed by atoms with Crippen LogP contribution in [0.15, 0.2) is 36.4 Å². The first-order valence-corrected chi connectivity index (χ1v) is 8.69. The summed E-state index contributed by atoms with van der Waals surface area (Å²) in [5.41, 5.74) is 0.907. The van der Waals surface area contributed by atoms with Crippen LogP contribution in [0, 0.1) is 0 Å².